The Bertz CT molecular complexity index is 971. The van der Waals surface area contributed by atoms with Crippen LogP contribution in [0.5, 0.6) is 5.75 Å². The van der Waals surface area contributed by atoms with Gasteiger partial charge in [0, 0.05) is 17.5 Å². The van der Waals surface area contributed by atoms with Gasteiger partial charge in [-0.1, -0.05) is 12.1 Å². The Labute approximate surface area is 162 Å². The van der Waals surface area contributed by atoms with Gasteiger partial charge in [-0.05, 0) is 42.0 Å². The number of aliphatic hydroxyl groups is 1. The number of carbonyl (C=O) groups is 1. The fraction of sp³-hybridized carbons (Fsp3) is 0.158. The Morgan fingerprint density at radius 2 is 1.89 bits per heavy atom. The number of phenolic OH excluding ortho intramolecular Hbond substituents is 1. The van der Waals surface area contributed by atoms with Crippen molar-refractivity contribution in [3.8, 4) is 16.3 Å². The second kappa shape index (κ2) is 7.99. The molecule has 2 aromatic carbocycles. The largest absolute Gasteiger partial charge is 0.508 e. The molecule has 9 heteroatoms. The molecule has 3 N–H and O–H groups in total. The highest BCUT2D eigenvalue weighted by Gasteiger charge is 2.30. The van der Waals surface area contributed by atoms with Crippen LogP contribution in [0.15, 0.2) is 53.9 Å². The summed E-state index contributed by atoms with van der Waals surface area (Å²) in [6.07, 6.45) is -5.80. The third-order valence-electron chi connectivity index (χ3n) is 3.91. The molecule has 1 amide bonds. The molecule has 0 spiro atoms. The van der Waals surface area contributed by atoms with Crippen molar-refractivity contribution >= 4 is 17.2 Å². The number of thiazole rings is 1. The van der Waals surface area contributed by atoms with Crippen molar-refractivity contribution in [2.24, 2.45) is 0 Å². The normalized spacial score (nSPS) is 12.6. The molecule has 0 saturated carbocycles. The molecule has 1 unspecified atom stereocenters. The number of rotatable bonds is 5. The lowest BCUT2D eigenvalue weighted by atomic mass is 10.1. The fourth-order valence-electron chi connectivity index (χ4n) is 2.43. The van der Waals surface area contributed by atoms with E-state index in [0.29, 0.717) is 5.01 Å². The number of aromatic hydroxyl groups is 1. The molecule has 0 aliphatic carbocycles. The van der Waals surface area contributed by atoms with Crippen LogP contribution in [0.1, 0.15) is 27.7 Å². The van der Waals surface area contributed by atoms with Crippen molar-refractivity contribution in [2.75, 3.05) is 6.54 Å². The minimum absolute atomic E-state index is 0.0539. The van der Waals surface area contributed by atoms with Gasteiger partial charge in [-0.2, -0.15) is 13.2 Å². The number of alkyl halides is 3. The molecule has 3 aromatic rings. The van der Waals surface area contributed by atoms with Crippen molar-refractivity contribution in [1.29, 1.82) is 0 Å². The molecular formula is C19H15F3N2O3S. The Morgan fingerprint density at radius 1 is 1.18 bits per heavy atom. The van der Waals surface area contributed by atoms with Gasteiger partial charge in [0.15, 0.2) is 0 Å². The minimum atomic E-state index is -4.51. The summed E-state index contributed by atoms with van der Waals surface area (Å²) in [5, 5.41) is 24.0. The summed E-state index contributed by atoms with van der Waals surface area (Å²) in [7, 11) is 0. The molecular weight excluding hydrogens is 393 g/mol. The van der Waals surface area contributed by atoms with E-state index in [1.807, 2.05) is 0 Å². The average Bonchev–Trinajstić information content (AvgIpc) is 3.16. The summed E-state index contributed by atoms with van der Waals surface area (Å²) in [6, 6.07) is 10.6. The predicted octanol–water partition coefficient (Wildman–Crippen LogP) is 4.00. The van der Waals surface area contributed by atoms with E-state index in [0.717, 1.165) is 17.7 Å². The van der Waals surface area contributed by atoms with E-state index in [9.17, 15) is 28.2 Å². The van der Waals surface area contributed by atoms with E-state index in [1.165, 1.54) is 41.0 Å². The van der Waals surface area contributed by atoms with Crippen LogP contribution in [-0.2, 0) is 6.18 Å². The standard InChI is InChI=1S/C19H15F3N2O3S/c20-19(21,22)13-3-1-2-12(8-13)16(26)9-23-17(27)15-10-28-18(24-15)11-4-6-14(25)7-5-11/h1-8,10,16,25-26H,9H2,(H,23,27). The van der Waals surface area contributed by atoms with E-state index in [1.54, 1.807) is 12.1 Å². The molecule has 1 atom stereocenters. The number of hydrogen-bond donors (Lipinski definition) is 3. The highest BCUT2D eigenvalue weighted by molar-refractivity contribution is 7.13. The molecule has 0 aliphatic rings. The predicted molar refractivity (Wildman–Crippen MR) is 98.0 cm³/mol. The van der Waals surface area contributed by atoms with Crippen LogP contribution in [0, 0.1) is 0 Å². The third-order valence-corrected chi connectivity index (χ3v) is 4.80. The van der Waals surface area contributed by atoms with Crippen molar-refractivity contribution in [1.82, 2.24) is 10.3 Å². The number of aliphatic hydroxyl groups excluding tert-OH is 1. The van der Waals surface area contributed by atoms with Crippen molar-refractivity contribution in [3.63, 3.8) is 0 Å². The van der Waals surface area contributed by atoms with Crippen LogP contribution >= 0.6 is 11.3 Å². The second-order valence-electron chi connectivity index (χ2n) is 5.93. The van der Waals surface area contributed by atoms with Gasteiger partial charge in [-0.3, -0.25) is 4.79 Å². The van der Waals surface area contributed by atoms with Crippen LogP contribution in [0.25, 0.3) is 10.6 Å². The number of halogens is 3. The summed E-state index contributed by atoms with van der Waals surface area (Å²) >= 11 is 1.23. The van der Waals surface area contributed by atoms with E-state index >= 15 is 0 Å². The lowest BCUT2D eigenvalue weighted by molar-refractivity contribution is -0.137. The third kappa shape index (κ3) is 4.68. The van der Waals surface area contributed by atoms with Gasteiger partial charge in [0.25, 0.3) is 5.91 Å². The minimum Gasteiger partial charge on any atom is -0.508 e. The highest BCUT2D eigenvalue weighted by Crippen LogP contribution is 2.30. The number of nitrogens with zero attached hydrogens (tertiary/aromatic N) is 1. The zero-order valence-electron chi connectivity index (χ0n) is 14.3. The number of benzene rings is 2. The first-order chi connectivity index (χ1) is 13.2. The molecule has 1 heterocycles. The van der Waals surface area contributed by atoms with Gasteiger partial charge < -0.3 is 15.5 Å². The van der Waals surface area contributed by atoms with Crippen LogP contribution in [0.4, 0.5) is 13.2 Å². The number of carbonyl (C=O) groups excluding carboxylic acids is 1. The molecule has 0 bridgehead atoms. The molecule has 0 saturated heterocycles. The van der Waals surface area contributed by atoms with Crippen molar-refractivity contribution in [3.05, 3.63) is 70.7 Å². The summed E-state index contributed by atoms with van der Waals surface area (Å²) in [5.74, 6) is -0.436. The summed E-state index contributed by atoms with van der Waals surface area (Å²) in [6.45, 7) is -0.258. The number of phenols is 1. The van der Waals surface area contributed by atoms with Gasteiger partial charge in [0.05, 0.1) is 11.7 Å². The first-order valence-corrected chi connectivity index (χ1v) is 9.00. The van der Waals surface area contributed by atoms with E-state index in [4.69, 9.17) is 0 Å². The number of amides is 1. The lowest BCUT2D eigenvalue weighted by Crippen LogP contribution is -2.28. The van der Waals surface area contributed by atoms with Crippen LogP contribution in [-0.4, -0.2) is 27.6 Å². The topological polar surface area (TPSA) is 82.5 Å². The maximum absolute atomic E-state index is 12.8. The quantitative estimate of drug-likeness (QED) is 0.596. The molecule has 0 radical (unpaired) electrons. The Kier molecular flexibility index (Phi) is 5.66. The summed E-state index contributed by atoms with van der Waals surface area (Å²) < 4.78 is 38.3. The number of aromatic nitrogens is 1. The Balaban J connectivity index is 1.63. The van der Waals surface area contributed by atoms with Crippen LogP contribution in [0.3, 0.4) is 0 Å². The summed E-state index contributed by atoms with van der Waals surface area (Å²) in [5.41, 5.74) is 0.0433. The monoisotopic (exact) mass is 408 g/mol. The van der Waals surface area contributed by atoms with Gasteiger partial charge in [-0.15, -0.1) is 11.3 Å². The molecule has 28 heavy (non-hydrogen) atoms. The lowest BCUT2D eigenvalue weighted by Gasteiger charge is -2.14. The van der Waals surface area contributed by atoms with Crippen LogP contribution < -0.4 is 5.32 Å². The van der Waals surface area contributed by atoms with Gasteiger partial charge in [0.2, 0.25) is 0 Å². The van der Waals surface area contributed by atoms with E-state index in [2.05, 4.69) is 10.3 Å². The Hall–Kier alpha value is -2.91. The molecule has 1 aromatic heterocycles. The van der Waals surface area contributed by atoms with Crippen LogP contribution in [0.2, 0.25) is 0 Å². The van der Waals surface area contributed by atoms with E-state index in [-0.39, 0.29) is 23.6 Å². The zero-order valence-corrected chi connectivity index (χ0v) is 15.1. The van der Waals surface area contributed by atoms with E-state index < -0.39 is 23.8 Å². The highest BCUT2D eigenvalue weighted by atomic mass is 32.1. The fourth-order valence-corrected chi connectivity index (χ4v) is 3.24. The zero-order chi connectivity index (χ0) is 20.3. The van der Waals surface area contributed by atoms with Gasteiger partial charge in [-0.25, -0.2) is 4.98 Å². The first-order valence-electron chi connectivity index (χ1n) is 8.12. The second-order valence-corrected chi connectivity index (χ2v) is 6.79. The van der Waals surface area contributed by atoms with Crippen molar-refractivity contribution < 1.29 is 28.2 Å². The van der Waals surface area contributed by atoms with Gasteiger partial charge >= 0.3 is 6.18 Å². The SMILES string of the molecule is O=C(NCC(O)c1cccc(C(F)(F)F)c1)c1csc(-c2ccc(O)cc2)n1. The smallest absolute Gasteiger partial charge is 0.416 e. The Morgan fingerprint density at radius 3 is 2.57 bits per heavy atom. The molecule has 0 aliphatic heterocycles. The maximum Gasteiger partial charge on any atom is 0.416 e. The molecule has 146 valence electrons. The van der Waals surface area contributed by atoms with Crippen molar-refractivity contribution in [2.45, 2.75) is 12.3 Å². The maximum atomic E-state index is 12.8. The summed E-state index contributed by atoms with van der Waals surface area (Å²) in [4.78, 5) is 16.4. The average molecular weight is 408 g/mol. The molecule has 3 rings (SSSR count). The van der Waals surface area contributed by atoms with Gasteiger partial charge in [0.1, 0.15) is 16.5 Å². The molecule has 0 fully saturated rings. The first kappa shape index (κ1) is 19.8. The molecule has 5 nitrogen and oxygen atoms in total. The number of hydrogen-bond acceptors (Lipinski definition) is 5. The number of nitrogens with one attached hydrogen (secondary N) is 1.